The van der Waals surface area contributed by atoms with Gasteiger partial charge in [-0.3, -0.25) is 15.1 Å². The van der Waals surface area contributed by atoms with Gasteiger partial charge in [-0.15, -0.1) is 0 Å². The molecule has 9 nitrogen and oxygen atoms in total. The van der Waals surface area contributed by atoms with E-state index in [0.29, 0.717) is 28.6 Å². The lowest BCUT2D eigenvalue weighted by Gasteiger charge is -2.06. The van der Waals surface area contributed by atoms with Crippen molar-refractivity contribution in [3.05, 3.63) is 84.2 Å². The van der Waals surface area contributed by atoms with Gasteiger partial charge in [0.1, 0.15) is 22.7 Å². The second kappa shape index (κ2) is 9.22. The van der Waals surface area contributed by atoms with Crippen molar-refractivity contribution in [2.75, 3.05) is 7.11 Å². The number of aromatic amines is 2. The second-order valence-electron chi connectivity index (χ2n) is 8.14. The molecule has 0 atom stereocenters. The predicted octanol–water partition coefficient (Wildman–Crippen LogP) is 4.75. The lowest BCUT2D eigenvalue weighted by Crippen LogP contribution is -1.92. The van der Waals surface area contributed by atoms with Crippen LogP contribution in [-0.4, -0.2) is 42.2 Å². The van der Waals surface area contributed by atoms with E-state index in [0.717, 1.165) is 38.8 Å². The Morgan fingerprint density at radius 1 is 1.06 bits per heavy atom. The van der Waals surface area contributed by atoms with E-state index in [1.807, 2.05) is 56.3 Å². The number of pyridine rings is 3. The minimum Gasteiger partial charge on any atom is -0.497 e. The van der Waals surface area contributed by atoms with Crippen LogP contribution in [0.4, 0.5) is 0 Å². The smallest absolute Gasteiger partial charge is 0.181 e. The molecule has 0 radical (unpaired) electrons. The number of nitrogens with two attached hydrogens (primary N) is 1. The van der Waals surface area contributed by atoms with Gasteiger partial charge in [0.05, 0.1) is 23.7 Å². The lowest BCUT2D eigenvalue weighted by molar-refractivity contribution is 0.307. The number of hydrogen-bond donors (Lipinski definition) is 3. The number of ether oxygens (including phenoxy) is 1. The fourth-order valence-corrected chi connectivity index (χ4v) is 3.81. The topological polar surface area (TPSA) is 131 Å². The van der Waals surface area contributed by atoms with Gasteiger partial charge in [0.15, 0.2) is 11.5 Å². The van der Waals surface area contributed by atoms with E-state index in [-0.39, 0.29) is 0 Å². The fourth-order valence-electron chi connectivity index (χ4n) is 3.81. The fraction of sp³-hybridized carbons (Fsp3) is 0.115. The summed E-state index contributed by atoms with van der Waals surface area (Å²) in [5, 5.41) is 8.24. The lowest BCUT2D eigenvalue weighted by atomic mass is 10.1. The molecule has 0 unspecified atom stereocenters. The van der Waals surface area contributed by atoms with Crippen LogP contribution in [0.3, 0.4) is 0 Å². The minimum atomic E-state index is 0.573. The number of nitrogens with one attached hydrogen (secondary N) is 2. The number of imidazole rings is 1. The van der Waals surface area contributed by atoms with Crippen molar-refractivity contribution in [2.45, 2.75) is 13.8 Å². The molecule has 5 rings (SSSR count). The van der Waals surface area contributed by atoms with Gasteiger partial charge in [-0.25, -0.2) is 9.97 Å². The summed E-state index contributed by atoms with van der Waals surface area (Å²) >= 11 is 0. The van der Waals surface area contributed by atoms with Gasteiger partial charge in [0.2, 0.25) is 0 Å². The normalized spacial score (nSPS) is 12.3. The van der Waals surface area contributed by atoms with Gasteiger partial charge in [0, 0.05) is 35.9 Å². The summed E-state index contributed by atoms with van der Waals surface area (Å²) in [7, 11) is 1.63. The molecule has 174 valence electrons. The molecule has 9 heteroatoms. The molecular formula is C26H24N8O. The van der Waals surface area contributed by atoms with Gasteiger partial charge in [-0.1, -0.05) is 11.6 Å². The van der Waals surface area contributed by atoms with Crippen molar-refractivity contribution in [1.29, 1.82) is 0 Å². The van der Waals surface area contributed by atoms with E-state index in [1.165, 1.54) is 6.20 Å². The zero-order valence-electron chi connectivity index (χ0n) is 19.6. The zero-order valence-corrected chi connectivity index (χ0v) is 19.6. The Labute approximate surface area is 201 Å². The third-order valence-electron chi connectivity index (χ3n) is 5.43. The van der Waals surface area contributed by atoms with Crippen molar-refractivity contribution in [2.24, 2.45) is 5.73 Å². The molecule has 0 aliphatic heterocycles. The molecule has 0 saturated heterocycles. The van der Waals surface area contributed by atoms with Crippen molar-refractivity contribution in [3.63, 3.8) is 0 Å². The summed E-state index contributed by atoms with van der Waals surface area (Å²) in [4.78, 5) is 21.7. The second-order valence-corrected chi connectivity index (χ2v) is 8.14. The number of rotatable bonds is 6. The van der Waals surface area contributed by atoms with Crippen LogP contribution < -0.4 is 5.73 Å². The van der Waals surface area contributed by atoms with E-state index in [2.05, 4.69) is 30.1 Å². The molecule has 5 heterocycles. The number of aromatic nitrogens is 7. The summed E-state index contributed by atoms with van der Waals surface area (Å²) in [5.74, 6) is 1.32. The van der Waals surface area contributed by atoms with Crippen LogP contribution in [0, 0.1) is 0 Å². The Morgan fingerprint density at radius 3 is 2.69 bits per heavy atom. The summed E-state index contributed by atoms with van der Waals surface area (Å²) in [6, 6.07) is 9.58. The molecule has 0 fully saturated rings. The standard InChI is InChI=1S/C26H24N8O/c1-15(2)10-18(35-3)11-16(13-27)17-12-19-22(33-34-25(19)30-14-17)26-31-21-7-9-29-23(24(21)32-26)20-6-4-5-8-28-20/h4-14H,27H2,1-3H3,(H,31,32)(H,30,33,34)/b16-13+,18-11+. The minimum absolute atomic E-state index is 0.573. The van der Waals surface area contributed by atoms with E-state index < -0.39 is 0 Å². The number of allylic oxidation sites excluding steroid dienone is 4. The SMILES string of the molecule is CO/C(C=C(C)C)=C/C(=C\N)c1cnc2n[nH]c(-c3nc4c(-c5ccccn5)nccc4[nH]3)c2c1. The average molecular weight is 465 g/mol. The molecule has 0 aromatic carbocycles. The first-order valence-electron chi connectivity index (χ1n) is 11.0. The monoisotopic (exact) mass is 464 g/mol. The summed E-state index contributed by atoms with van der Waals surface area (Å²) in [6.45, 7) is 4.01. The first-order chi connectivity index (χ1) is 17.1. The first-order valence-corrected chi connectivity index (χ1v) is 11.0. The van der Waals surface area contributed by atoms with Crippen molar-refractivity contribution >= 4 is 27.6 Å². The van der Waals surface area contributed by atoms with Crippen LogP contribution in [-0.2, 0) is 4.74 Å². The molecule has 4 N–H and O–H groups in total. The molecule has 0 spiro atoms. The third-order valence-corrected chi connectivity index (χ3v) is 5.43. The number of methoxy groups -OCH3 is 1. The van der Waals surface area contributed by atoms with E-state index in [1.54, 1.807) is 25.7 Å². The molecule has 5 aromatic rings. The van der Waals surface area contributed by atoms with Crippen LogP contribution in [0.5, 0.6) is 0 Å². The highest BCUT2D eigenvalue weighted by atomic mass is 16.5. The van der Waals surface area contributed by atoms with Crippen LogP contribution in [0.1, 0.15) is 19.4 Å². The van der Waals surface area contributed by atoms with Gasteiger partial charge in [0.25, 0.3) is 0 Å². The molecular weight excluding hydrogens is 440 g/mol. The van der Waals surface area contributed by atoms with Gasteiger partial charge < -0.3 is 15.5 Å². The van der Waals surface area contributed by atoms with Crippen LogP contribution in [0.2, 0.25) is 0 Å². The number of nitrogens with zero attached hydrogens (tertiary/aromatic N) is 5. The maximum atomic E-state index is 5.96. The number of fused-ring (bicyclic) bond motifs is 2. The molecule has 5 aromatic heterocycles. The molecule has 0 amide bonds. The maximum Gasteiger partial charge on any atom is 0.181 e. The zero-order chi connectivity index (χ0) is 24.4. The maximum absolute atomic E-state index is 5.96. The molecule has 0 aliphatic carbocycles. The summed E-state index contributed by atoms with van der Waals surface area (Å²) in [6.07, 6.45) is 10.6. The predicted molar refractivity (Wildman–Crippen MR) is 137 cm³/mol. The van der Waals surface area contributed by atoms with E-state index in [4.69, 9.17) is 15.5 Å². The Hall–Kier alpha value is -4.79. The number of hydrogen-bond acceptors (Lipinski definition) is 7. The Balaban J connectivity index is 1.60. The average Bonchev–Trinajstić information content (AvgIpc) is 3.50. The van der Waals surface area contributed by atoms with Crippen LogP contribution in [0.15, 0.2) is 78.6 Å². The highest BCUT2D eigenvalue weighted by molar-refractivity contribution is 5.95. The first kappa shape index (κ1) is 22.0. The third kappa shape index (κ3) is 4.26. The van der Waals surface area contributed by atoms with Gasteiger partial charge >= 0.3 is 0 Å². The Kier molecular flexibility index (Phi) is 5.80. The van der Waals surface area contributed by atoms with Crippen LogP contribution in [0.25, 0.3) is 50.5 Å². The quantitative estimate of drug-likeness (QED) is 0.244. The highest BCUT2D eigenvalue weighted by Crippen LogP contribution is 2.30. The van der Waals surface area contributed by atoms with Crippen LogP contribution >= 0.6 is 0 Å². The van der Waals surface area contributed by atoms with E-state index >= 15 is 0 Å². The Morgan fingerprint density at radius 2 is 1.94 bits per heavy atom. The number of H-pyrrole nitrogens is 2. The molecule has 0 saturated carbocycles. The summed E-state index contributed by atoms with van der Waals surface area (Å²) in [5.41, 5.74) is 13.0. The highest BCUT2D eigenvalue weighted by Gasteiger charge is 2.17. The molecule has 35 heavy (non-hydrogen) atoms. The van der Waals surface area contributed by atoms with Gasteiger partial charge in [-0.05, 0) is 50.3 Å². The molecule has 0 aliphatic rings. The van der Waals surface area contributed by atoms with Crippen molar-refractivity contribution in [3.8, 4) is 22.9 Å². The molecule has 0 bridgehead atoms. The summed E-state index contributed by atoms with van der Waals surface area (Å²) < 4.78 is 5.49. The van der Waals surface area contributed by atoms with Gasteiger partial charge in [-0.2, -0.15) is 5.10 Å². The van der Waals surface area contributed by atoms with E-state index in [9.17, 15) is 0 Å². The van der Waals surface area contributed by atoms with Crippen molar-refractivity contribution < 1.29 is 4.74 Å². The largest absolute Gasteiger partial charge is 0.497 e. The Bertz CT molecular complexity index is 1600. The van der Waals surface area contributed by atoms with Crippen molar-refractivity contribution in [1.82, 2.24) is 35.1 Å².